The topological polar surface area (TPSA) is 73.7 Å². The van der Waals surface area contributed by atoms with E-state index >= 15 is 0 Å². The number of phenolic OH excluding ortho intramolecular Hbond substituents is 1. The van der Waals surface area contributed by atoms with Gasteiger partial charge in [0.05, 0.1) is 6.21 Å². The minimum absolute atomic E-state index is 0.106. The molecule has 3 rings (SSSR count). The van der Waals surface area contributed by atoms with Crippen molar-refractivity contribution in [2.75, 3.05) is 5.32 Å². The Hall–Kier alpha value is -3.05. The van der Waals surface area contributed by atoms with E-state index in [2.05, 4.69) is 15.8 Å². The lowest BCUT2D eigenvalue weighted by Gasteiger charge is -2.13. The van der Waals surface area contributed by atoms with E-state index in [4.69, 9.17) is 11.6 Å². The third-order valence-corrected chi connectivity index (χ3v) is 4.19. The quantitative estimate of drug-likeness (QED) is 0.468. The van der Waals surface area contributed by atoms with Crippen molar-refractivity contribution in [3.8, 4) is 5.75 Å². The van der Waals surface area contributed by atoms with Gasteiger partial charge in [-0.05, 0) is 48.0 Å². The maximum Gasteiger partial charge on any atom is 0.262 e. The van der Waals surface area contributed by atoms with E-state index in [1.165, 1.54) is 6.21 Å². The van der Waals surface area contributed by atoms with Crippen molar-refractivity contribution >= 4 is 40.2 Å². The second kappa shape index (κ2) is 7.89. The highest BCUT2D eigenvalue weighted by molar-refractivity contribution is 6.30. The Labute approximate surface area is 156 Å². The minimum Gasteiger partial charge on any atom is -0.507 e. The fourth-order valence-electron chi connectivity index (χ4n) is 2.54. The van der Waals surface area contributed by atoms with Crippen molar-refractivity contribution in [3.05, 3.63) is 71.2 Å². The monoisotopic (exact) mass is 367 g/mol. The number of benzene rings is 3. The van der Waals surface area contributed by atoms with E-state index in [1.807, 2.05) is 30.3 Å². The zero-order valence-electron chi connectivity index (χ0n) is 14.1. The van der Waals surface area contributed by atoms with Gasteiger partial charge in [-0.15, -0.1) is 0 Å². The van der Waals surface area contributed by atoms with Crippen LogP contribution in [0.4, 0.5) is 5.69 Å². The van der Waals surface area contributed by atoms with Crippen LogP contribution < -0.4 is 10.7 Å². The molecule has 0 saturated carbocycles. The highest BCUT2D eigenvalue weighted by Gasteiger charge is 2.12. The molecule has 5 nitrogen and oxygen atoms in total. The summed E-state index contributed by atoms with van der Waals surface area (Å²) in [7, 11) is 0. The molecule has 0 aliphatic rings. The summed E-state index contributed by atoms with van der Waals surface area (Å²) in [5.41, 5.74) is 3.83. The van der Waals surface area contributed by atoms with Crippen molar-refractivity contribution in [3.63, 3.8) is 0 Å². The second-order valence-corrected chi connectivity index (χ2v) is 6.26. The Bertz CT molecular complexity index is 955. The minimum atomic E-state index is -0.491. The van der Waals surface area contributed by atoms with Gasteiger partial charge in [-0.3, -0.25) is 4.79 Å². The fourth-order valence-corrected chi connectivity index (χ4v) is 2.66. The van der Waals surface area contributed by atoms with Crippen LogP contribution in [-0.4, -0.2) is 23.3 Å². The van der Waals surface area contributed by atoms with E-state index in [1.54, 1.807) is 37.3 Å². The van der Waals surface area contributed by atoms with Gasteiger partial charge in [0.1, 0.15) is 11.8 Å². The van der Waals surface area contributed by atoms with Crippen LogP contribution in [0.2, 0.25) is 5.02 Å². The van der Waals surface area contributed by atoms with Crippen molar-refractivity contribution < 1.29 is 9.90 Å². The van der Waals surface area contributed by atoms with Crippen LogP contribution in [0.25, 0.3) is 10.8 Å². The molecule has 132 valence electrons. The van der Waals surface area contributed by atoms with Crippen LogP contribution in [0.15, 0.2) is 65.8 Å². The highest BCUT2D eigenvalue weighted by Crippen LogP contribution is 2.25. The first-order valence-electron chi connectivity index (χ1n) is 8.10. The Kier molecular flexibility index (Phi) is 5.39. The molecule has 0 aliphatic carbocycles. The molecule has 26 heavy (non-hydrogen) atoms. The van der Waals surface area contributed by atoms with Gasteiger partial charge in [0.2, 0.25) is 0 Å². The summed E-state index contributed by atoms with van der Waals surface area (Å²) >= 11 is 5.85. The lowest BCUT2D eigenvalue weighted by Crippen LogP contribution is -2.34. The summed E-state index contributed by atoms with van der Waals surface area (Å²) in [4.78, 5) is 12.2. The Morgan fingerprint density at radius 2 is 1.85 bits per heavy atom. The van der Waals surface area contributed by atoms with Gasteiger partial charge in [-0.2, -0.15) is 5.10 Å². The molecule has 0 unspecified atom stereocenters. The molecule has 3 aromatic carbocycles. The largest absolute Gasteiger partial charge is 0.507 e. The molecular weight excluding hydrogens is 350 g/mol. The summed E-state index contributed by atoms with van der Waals surface area (Å²) in [6.07, 6.45) is 1.45. The number of carbonyl (C=O) groups excluding carboxylic acids is 1. The fraction of sp³-hybridized carbons (Fsp3) is 0.100. The Balaban J connectivity index is 1.67. The zero-order valence-corrected chi connectivity index (χ0v) is 14.9. The van der Waals surface area contributed by atoms with Crippen LogP contribution in [0.1, 0.15) is 12.5 Å². The SMILES string of the molecule is C[C@@H](Nc1ccc(Cl)cc1)C(=O)N/N=C\c1c(O)ccc2ccccc12. The summed E-state index contributed by atoms with van der Waals surface area (Å²) in [6, 6.07) is 17.7. The van der Waals surface area contributed by atoms with Crippen molar-refractivity contribution in [1.82, 2.24) is 5.43 Å². The summed E-state index contributed by atoms with van der Waals surface area (Å²) in [5.74, 6) is -0.190. The van der Waals surface area contributed by atoms with Crippen molar-refractivity contribution in [2.45, 2.75) is 13.0 Å². The number of aromatic hydroxyl groups is 1. The van der Waals surface area contributed by atoms with Crippen molar-refractivity contribution in [1.29, 1.82) is 0 Å². The molecule has 0 radical (unpaired) electrons. The third kappa shape index (κ3) is 4.13. The van der Waals surface area contributed by atoms with E-state index < -0.39 is 6.04 Å². The number of anilines is 1. The van der Waals surface area contributed by atoms with Crippen molar-refractivity contribution in [2.24, 2.45) is 5.10 Å². The third-order valence-electron chi connectivity index (χ3n) is 3.94. The number of halogens is 1. The molecule has 0 aromatic heterocycles. The number of hydrazone groups is 1. The first-order chi connectivity index (χ1) is 12.5. The lowest BCUT2D eigenvalue weighted by molar-refractivity contribution is -0.121. The average molecular weight is 368 g/mol. The average Bonchev–Trinajstić information content (AvgIpc) is 2.65. The maximum atomic E-state index is 12.2. The van der Waals surface area contributed by atoms with Gasteiger partial charge >= 0.3 is 0 Å². The maximum absolute atomic E-state index is 12.2. The molecule has 6 heteroatoms. The van der Waals surface area contributed by atoms with Gasteiger partial charge in [0.15, 0.2) is 0 Å². The summed E-state index contributed by atoms with van der Waals surface area (Å²) < 4.78 is 0. The van der Waals surface area contributed by atoms with Crippen LogP contribution in [0.3, 0.4) is 0 Å². The first kappa shape index (κ1) is 17.8. The van der Waals surface area contributed by atoms with Gasteiger partial charge in [-0.1, -0.05) is 41.9 Å². The number of rotatable bonds is 5. The Morgan fingerprint density at radius 1 is 1.12 bits per heavy atom. The zero-order chi connectivity index (χ0) is 18.5. The summed E-state index contributed by atoms with van der Waals surface area (Å²) in [6.45, 7) is 1.73. The van der Waals surface area contributed by atoms with Crippen LogP contribution >= 0.6 is 11.6 Å². The standard InChI is InChI=1S/C20H18ClN3O2/c1-13(23-16-9-7-15(21)8-10-16)20(26)24-22-12-18-17-5-3-2-4-14(17)6-11-19(18)25/h2-13,23,25H,1H3,(H,24,26)/b22-12-/t13-/m1/s1. The van der Waals surface area contributed by atoms with E-state index in [9.17, 15) is 9.90 Å². The van der Waals surface area contributed by atoms with E-state index in [0.29, 0.717) is 10.6 Å². The number of phenols is 1. The Morgan fingerprint density at radius 3 is 2.62 bits per heavy atom. The lowest BCUT2D eigenvalue weighted by atomic mass is 10.0. The van der Waals surface area contributed by atoms with E-state index in [-0.39, 0.29) is 11.7 Å². The predicted molar refractivity (Wildman–Crippen MR) is 106 cm³/mol. The van der Waals surface area contributed by atoms with Gasteiger partial charge in [-0.25, -0.2) is 5.43 Å². The number of fused-ring (bicyclic) bond motifs is 1. The second-order valence-electron chi connectivity index (χ2n) is 5.83. The smallest absolute Gasteiger partial charge is 0.262 e. The van der Waals surface area contributed by atoms with Crippen LogP contribution in [0.5, 0.6) is 5.75 Å². The molecule has 3 aromatic rings. The molecule has 0 spiro atoms. The predicted octanol–water partition coefficient (Wildman–Crippen LogP) is 4.15. The van der Waals surface area contributed by atoms with Gasteiger partial charge in [0, 0.05) is 16.3 Å². The van der Waals surface area contributed by atoms with Gasteiger partial charge < -0.3 is 10.4 Å². The number of amides is 1. The number of nitrogens with zero attached hydrogens (tertiary/aromatic N) is 1. The number of carbonyl (C=O) groups is 1. The van der Waals surface area contributed by atoms with Crippen LogP contribution in [0, 0.1) is 0 Å². The molecule has 1 atom stereocenters. The molecule has 0 aliphatic heterocycles. The molecule has 3 N–H and O–H groups in total. The number of hydrogen-bond donors (Lipinski definition) is 3. The van der Waals surface area contributed by atoms with E-state index in [0.717, 1.165) is 16.5 Å². The molecule has 0 fully saturated rings. The number of nitrogens with one attached hydrogen (secondary N) is 2. The van der Waals surface area contributed by atoms with Gasteiger partial charge in [0.25, 0.3) is 5.91 Å². The number of hydrogen-bond acceptors (Lipinski definition) is 4. The molecular formula is C20H18ClN3O2. The highest BCUT2D eigenvalue weighted by atomic mass is 35.5. The molecule has 0 heterocycles. The summed E-state index contributed by atoms with van der Waals surface area (Å²) in [5, 5.41) is 19.6. The normalized spacial score (nSPS) is 12.2. The van der Waals surface area contributed by atoms with Crippen LogP contribution in [-0.2, 0) is 4.79 Å². The molecule has 0 bridgehead atoms. The molecule has 1 amide bonds. The molecule has 0 saturated heterocycles. The first-order valence-corrected chi connectivity index (χ1v) is 8.48.